The number of quaternary nitrogens is 1. The standard InChI is InChI=1S/C26H25N3O2/c1-2-6-20(7-3-1)30-21-12-10-19(11-13-21)23-18-24-22-8-4-5-9-25(22)31-26(29(24)28-23)14-16-27-17-15-26/h1-13,18,24,27-28H,14-17H2/p+1/t24-/m1/s1. The van der Waals surface area contributed by atoms with E-state index in [9.17, 15) is 0 Å². The molecule has 1 saturated heterocycles. The van der Waals surface area contributed by atoms with Gasteiger partial charge in [0.2, 0.25) is 0 Å². The van der Waals surface area contributed by atoms with Crippen molar-refractivity contribution in [1.82, 2.24) is 10.4 Å². The summed E-state index contributed by atoms with van der Waals surface area (Å²) in [6, 6.07) is 26.8. The summed E-state index contributed by atoms with van der Waals surface area (Å²) in [4.78, 5) is 0. The van der Waals surface area contributed by atoms with Gasteiger partial charge in [-0.3, -0.25) is 0 Å². The number of ether oxygens (including phenoxy) is 2. The van der Waals surface area contributed by atoms with E-state index in [0.29, 0.717) is 0 Å². The van der Waals surface area contributed by atoms with Gasteiger partial charge in [0, 0.05) is 5.56 Å². The SMILES string of the molecule is C1=C(c2ccc(Oc3ccccc3)cc2)NN2[C@H]1c1ccccc1OC21CC[NH2+]CC1. The molecule has 3 aromatic rings. The normalized spacial score (nSPS) is 21.4. The number of benzene rings is 3. The summed E-state index contributed by atoms with van der Waals surface area (Å²) in [5, 5.41) is 4.71. The highest BCUT2D eigenvalue weighted by molar-refractivity contribution is 5.68. The maximum Gasteiger partial charge on any atom is 0.191 e. The minimum Gasteiger partial charge on any atom is -0.470 e. The van der Waals surface area contributed by atoms with Crippen LogP contribution in [-0.2, 0) is 0 Å². The van der Waals surface area contributed by atoms with Crippen LogP contribution in [0, 0.1) is 0 Å². The smallest absolute Gasteiger partial charge is 0.191 e. The molecule has 31 heavy (non-hydrogen) atoms. The van der Waals surface area contributed by atoms with Crippen molar-refractivity contribution in [3.05, 3.63) is 96.1 Å². The molecule has 1 fully saturated rings. The number of hydrogen-bond acceptors (Lipinski definition) is 4. The fourth-order valence-electron chi connectivity index (χ4n) is 4.88. The molecule has 0 unspecified atom stereocenters. The van der Waals surface area contributed by atoms with E-state index in [0.717, 1.165) is 54.4 Å². The summed E-state index contributed by atoms with van der Waals surface area (Å²) < 4.78 is 12.6. The molecule has 0 aliphatic carbocycles. The van der Waals surface area contributed by atoms with Crippen molar-refractivity contribution in [1.29, 1.82) is 0 Å². The molecule has 3 heterocycles. The average Bonchev–Trinajstić information content (AvgIpc) is 3.28. The van der Waals surface area contributed by atoms with Gasteiger partial charge in [0.05, 0.1) is 37.7 Å². The predicted molar refractivity (Wildman–Crippen MR) is 119 cm³/mol. The Bertz CT molecular complexity index is 1110. The molecule has 156 valence electrons. The van der Waals surface area contributed by atoms with Crippen molar-refractivity contribution in [2.24, 2.45) is 0 Å². The second-order valence-electron chi connectivity index (χ2n) is 8.40. The van der Waals surface area contributed by atoms with Crippen LogP contribution in [0.5, 0.6) is 17.2 Å². The van der Waals surface area contributed by atoms with Crippen LogP contribution in [0.4, 0.5) is 0 Å². The Kier molecular flexibility index (Phi) is 4.44. The maximum atomic E-state index is 6.63. The molecular weight excluding hydrogens is 386 g/mol. The number of fused-ring (bicyclic) bond motifs is 4. The summed E-state index contributed by atoms with van der Waals surface area (Å²) in [7, 11) is 0. The van der Waals surface area contributed by atoms with Crippen LogP contribution in [0.25, 0.3) is 5.70 Å². The van der Waals surface area contributed by atoms with E-state index in [2.05, 4.69) is 58.2 Å². The Morgan fingerprint density at radius 2 is 1.58 bits per heavy atom. The van der Waals surface area contributed by atoms with Crippen molar-refractivity contribution < 1.29 is 14.8 Å². The van der Waals surface area contributed by atoms with E-state index >= 15 is 0 Å². The Morgan fingerprint density at radius 1 is 0.871 bits per heavy atom. The summed E-state index contributed by atoms with van der Waals surface area (Å²) in [5.41, 5.74) is 6.87. The van der Waals surface area contributed by atoms with E-state index in [1.54, 1.807) is 0 Å². The Morgan fingerprint density at radius 3 is 2.39 bits per heavy atom. The van der Waals surface area contributed by atoms with E-state index in [-0.39, 0.29) is 11.8 Å². The van der Waals surface area contributed by atoms with E-state index in [1.165, 1.54) is 5.56 Å². The highest BCUT2D eigenvalue weighted by Gasteiger charge is 2.51. The lowest BCUT2D eigenvalue weighted by Crippen LogP contribution is -2.89. The van der Waals surface area contributed by atoms with Crippen molar-refractivity contribution in [3.63, 3.8) is 0 Å². The highest BCUT2D eigenvalue weighted by Crippen LogP contribution is 2.47. The quantitative estimate of drug-likeness (QED) is 0.687. The van der Waals surface area contributed by atoms with Crippen molar-refractivity contribution in [2.75, 3.05) is 13.1 Å². The molecule has 3 N–H and O–H groups in total. The van der Waals surface area contributed by atoms with Gasteiger partial charge >= 0.3 is 0 Å². The monoisotopic (exact) mass is 412 g/mol. The third kappa shape index (κ3) is 3.26. The molecule has 3 aromatic carbocycles. The van der Waals surface area contributed by atoms with Crippen LogP contribution in [0.1, 0.15) is 30.0 Å². The number of rotatable bonds is 3. The number of hydrazine groups is 1. The molecule has 1 spiro atoms. The van der Waals surface area contributed by atoms with Crippen LogP contribution in [0.15, 0.2) is 84.9 Å². The lowest BCUT2D eigenvalue weighted by Gasteiger charge is -2.49. The zero-order chi connectivity index (χ0) is 20.7. The topological polar surface area (TPSA) is 50.3 Å². The number of nitrogens with zero attached hydrogens (tertiary/aromatic N) is 1. The van der Waals surface area contributed by atoms with Gasteiger partial charge in [0.15, 0.2) is 5.72 Å². The van der Waals surface area contributed by atoms with Gasteiger partial charge in [0.25, 0.3) is 0 Å². The number of nitrogens with one attached hydrogen (secondary N) is 1. The van der Waals surface area contributed by atoms with Crippen LogP contribution < -0.4 is 20.2 Å². The van der Waals surface area contributed by atoms with Gasteiger partial charge in [-0.25, -0.2) is 0 Å². The Balaban J connectivity index is 1.30. The fraction of sp³-hybridized carbons (Fsp3) is 0.231. The second-order valence-corrected chi connectivity index (χ2v) is 8.40. The third-order valence-electron chi connectivity index (χ3n) is 6.44. The van der Waals surface area contributed by atoms with Gasteiger partial charge in [-0.15, -0.1) is 0 Å². The highest BCUT2D eigenvalue weighted by atomic mass is 16.5. The van der Waals surface area contributed by atoms with Crippen molar-refractivity contribution in [2.45, 2.75) is 24.6 Å². The Labute approximate surface area is 182 Å². The molecule has 6 rings (SSSR count). The third-order valence-corrected chi connectivity index (χ3v) is 6.44. The lowest BCUT2D eigenvalue weighted by atomic mass is 9.93. The summed E-state index contributed by atoms with van der Waals surface area (Å²) in [6.45, 7) is 2.15. The second kappa shape index (κ2) is 7.45. The summed E-state index contributed by atoms with van der Waals surface area (Å²) in [6.07, 6.45) is 4.32. The average molecular weight is 413 g/mol. The molecule has 5 nitrogen and oxygen atoms in total. The molecule has 3 aliphatic rings. The maximum absolute atomic E-state index is 6.63. The zero-order valence-electron chi connectivity index (χ0n) is 17.3. The fourth-order valence-corrected chi connectivity index (χ4v) is 4.88. The van der Waals surface area contributed by atoms with Gasteiger partial charge in [0.1, 0.15) is 17.2 Å². The molecular formula is C26H26N3O2+. The van der Waals surface area contributed by atoms with Crippen LogP contribution in [0.3, 0.4) is 0 Å². The molecule has 3 aliphatic heterocycles. The van der Waals surface area contributed by atoms with Crippen molar-refractivity contribution in [3.8, 4) is 17.2 Å². The molecule has 0 radical (unpaired) electrons. The van der Waals surface area contributed by atoms with Gasteiger partial charge in [-0.05, 0) is 54.1 Å². The van der Waals surface area contributed by atoms with Crippen molar-refractivity contribution >= 4 is 5.70 Å². The van der Waals surface area contributed by atoms with Gasteiger partial charge in [-0.1, -0.05) is 36.4 Å². The largest absolute Gasteiger partial charge is 0.470 e. The van der Waals surface area contributed by atoms with Gasteiger partial charge < -0.3 is 20.2 Å². The minimum atomic E-state index is -0.303. The number of nitrogens with two attached hydrogens (primary N) is 1. The summed E-state index contributed by atoms with van der Waals surface area (Å²) in [5.74, 6) is 2.69. The molecule has 0 bridgehead atoms. The molecule has 0 amide bonds. The van der Waals surface area contributed by atoms with Gasteiger partial charge in [-0.2, -0.15) is 5.01 Å². The molecule has 0 aromatic heterocycles. The first-order valence-electron chi connectivity index (χ1n) is 11.0. The first kappa shape index (κ1) is 18.5. The zero-order valence-corrected chi connectivity index (χ0v) is 17.3. The number of hydrogen-bond donors (Lipinski definition) is 2. The molecule has 1 atom stereocenters. The first-order chi connectivity index (χ1) is 15.3. The van der Waals surface area contributed by atoms with Crippen LogP contribution in [0.2, 0.25) is 0 Å². The van der Waals surface area contributed by atoms with E-state index < -0.39 is 0 Å². The number of piperidine rings is 1. The molecule has 0 saturated carbocycles. The lowest BCUT2D eigenvalue weighted by molar-refractivity contribution is -0.670. The van der Waals surface area contributed by atoms with Crippen LogP contribution in [-0.4, -0.2) is 23.8 Å². The van der Waals surface area contributed by atoms with E-state index in [1.807, 2.05) is 42.5 Å². The number of para-hydroxylation sites is 2. The Hall–Kier alpha value is -3.28. The summed E-state index contributed by atoms with van der Waals surface area (Å²) >= 11 is 0. The molecule has 5 heteroatoms. The minimum absolute atomic E-state index is 0.165. The predicted octanol–water partition coefficient (Wildman–Crippen LogP) is 3.83. The van der Waals surface area contributed by atoms with E-state index in [4.69, 9.17) is 9.47 Å². The van der Waals surface area contributed by atoms with Crippen LogP contribution >= 0.6 is 0 Å². The first-order valence-corrected chi connectivity index (χ1v) is 11.0.